The average Bonchev–Trinajstić information content (AvgIpc) is 2.89. The number of sulfonamides is 1. The van der Waals surface area contributed by atoms with Crippen molar-refractivity contribution < 1.29 is 13.2 Å². The number of amides is 1. The summed E-state index contributed by atoms with van der Waals surface area (Å²) in [6.07, 6.45) is 14.6. The number of carbonyl (C=O) groups is 1. The van der Waals surface area contributed by atoms with Gasteiger partial charge < -0.3 is 5.32 Å². The minimum Gasteiger partial charge on any atom is -0.348 e. The Bertz CT molecular complexity index is 1270. The van der Waals surface area contributed by atoms with Gasteiger partial charge in [-0.1, -0.05) is 37.3 Å². The van der Waals surface area contributed by atoms with E-state index in [1.54, 1.807) is 0 Å². The third kappa shape index (κ3) is 5.01. The van der Waals surface area contributed by atoms with Crippen LogP contribution < -0.4 is 9.62 Å². The lowest BCUT2D eigenvalue weighted by molar-refractivity contribution is -0.120. The van der Waals surface area contributed by atoms with E-state index in [1.165, 1.54) is 78.6 Å². The first kappa shape index (κ1) is 25.9. The SMILES string of the molecule is CC[C@@H](NC(=O)CN(c1ccc(C23CC4CC(CC(C4)C2)C3)cc1)S(C)(=O)=O)c1ccc2c(c1)CCCC2. The standard InChI is InChI=1S/C32H42N2O3S/c1-3-30(27-9-8-25-6-4-5-7-26(25)17-27)33-31(35)21-34(38(2,36)37)29-12-10-28(11-13-29)32-18-22-14-23(19-32)16-24(15-22)20-32/h8-13,17,22-24,30H,3-7,14-16,18-21H2,1-2H3,(H,33,35)/t22?,23?,24?,30-,32?/m1/s1. The first-order valence-corrected chi connectivity index (χ1v) is 16.6. The van der Waals surface area contributed by atoms with Crippen LogP contribution >= 0.6 is 0 Å². The second-order valence-electron chi connectivity index (χ2n) is 12.8. The maximum Gasteiger partial charge on any atom is 0.241 e. The van der Waals surface area contributed by atoms with Gasteiger partial charge >= 0.3 is 0 Å². The molecule has 1 N–H and O–H groups in total. The highest BCUT2D eigenvalue weighted by Gasteiger charge is 2.51. The van der Waals surface area contributed by atoms with Crippen molar-refractivity contribution in [3.63, 3.8) is 0 Å². The molecule has 7 rings (SSSR count). The van der Waals surface area contributed by atoms with Crippen LogP contribution in [-0.4, -0.2) is 27.1 Å². The molecule has 1 atom stereocenters. The third-order valence-electron chi connectivity index (χ3n) is 10.0. The van der Waals surface area contributed by atoms with Crippen molar-refractivity contribution in [1.29, 1.82) is 0 Å². The number of nitrogens with one attached hydrogen (secondary N) is 1. The van der Waals surface area contributed by atoms with E-state index in [0.717, 1.165) is 42.6 Å². The van der Waals surface area contributed by atoms with Crippen molar-refractivity contribution in [2.24, 2.45) is 17.8 Å². The molecule has 4 saturated carbocycles. The maximum absolute atomic E-state index is 13.2. The van der Waals surface area contributed by atoms with Crippen molar-refractivity contribution in [3.05, 3.63) is 64.7 Å². The molecule has 1 amide bonds. The molecule has 38 heavy (non-hydrogen) atoms. The van der Waals surface area contributed by atoms with Gasteiger partial charge in [0.15, 0.2) is 0 Å². The molecule has 2 aromatic rings. The number of rotatable bonds is 8. The molecular weight excluding hydrogens is 492 g/mol. The average molecular weight is 535 g/mol. The fourth-order valence-corrected chi connectivity index (χ4v) is 9.46. The number of anilines is 1. The van der Waals surface area contributed by atoms with E-state index in [-0.39, 0.29) is 23.9 Å². The number of fused-ring (bicyclic) bond motifs is 1. The highest BCUT2D eigenvalue weighted by molar-refractivity contribution is 7.92. The van der Waals surface area contributed by atoms with Crippen LogP contribution in [0.15, 0.2) is 42.5 Å². The summed E-state index contributed by atoms with van der Waals surface area (Å²) in [5.41, 5.74) is 6.10. The highest BCUT2D eigenvalue weighted by Crippen LogP contribution is 2.60. The number of carbonyl (C=O) groups excluding carboxylic acids is 1. The van der Waals surface area contributed by atoms with Gasteiger partial charge in [-0.15, -0.1) is 0 Å². The van der Waals surface area contributed by atoms with Gasteiger partial charge in [0.1, 0.15) is 6.54 Å². The molecule has 204 valence electrons. The van der Waals surface area contributed by atoms with Gasteiger partial charge in [0.2, 0.25) is 15.9 Å². The van der Waals surface area contributed by atoms with Gasteiger partial charge in [-0.25, -0.2) is 8.42 Å². The van der Waals surface area contributed by atoms with Crippen LogP contribution in [0.1, 0.15) is 93.0 Å². The summed E-state index contributed by atoms with van der Waals surface area (Å²) in [5.74, 6) is 2.31. The van der Waals surface area contributed by atoms with Crippen LogP contribution in [0, 0.1) is 17.8 Å². The quantitative estimate of drug-likeness (QED) is 0.447. The predicted octanol–water partition coefficient (Wildman–Crippen LogP) is 6.07. The van der Waals surface area contributed by atoms with E-state index < -0.39 is 10.0 Å². The first-order valence-electron chi connectivity index (χ1n) is 14.7. The van der Waals surface area contributed by atoms with Crippen LogP contribution in [-0.2, 0) is 33.1 Å². The van der Waals surface area contributed by atoms with E-state index in [2.05, 4.69) is 42.6 Å². The largest absolute Gasteiger partial charge is 0.348 e. The summed E-state index contributed by atoms with van der Waals surface area (Å²) in [6.45, 7) is 1.85. The summed E-state index contributed by atoms with van der Waals surface area (Å²) in [6, 6.07) is 14.5. The van der Waals surface area contributed by atoms with Crippen LogP contribution in [0.4, 0.5) is 5.69 Å². The van der Waals surface area contributed by atoms with Crippen LogP contribution in [0.2, 0.25) is 0 Å². The molecule has 0 unspecified atom stereocenters. The summed E-state index contributed by atoms with van der Waals surface area (Å²) < 4.78 is 26.9. The van der Waals surface area contributed by atoms with Crippen LogP contribution in [0.5, 0.6) is 0 Å². The number of nitrogens with zero attached hydrogens (tertiary/aromatic N) is 1. The zero-order chi connectivity index (χ0) is 26.5. The van der Waals surface area contributed by atoms with Crippen molar-refractivity contribution in [2.45, 2.75) is 89.0 Å². The molecule has 0 spiro atoms. The Morgan fingerprint density at radius 3 is 2.13 bits per heavy atom. The lowest BCUT2D eigenvalue weighted by Crippen LogP contribution is -2.48. The van der Waals surface area contributed by atoms with Crippen molar-refractivity contribution in [3.8, 4) is 0 Å². The lowest BCUT2D eigenvalue weighted by Gasteiger charge is -2.57. The number of hydrogen-bond acceptors (Lipinski definition) is 3. The van der Waals surface area contributed by atoms with Crippen molar-refractivity contribution >= 4 is 21.6 Å². The summed E-state index contributed by atoms with van der Waals surface area (Å²) in [4.78, 5) is 13.2. The summed E-state index contributed by atoms with van der Waals surface area (Å²) in [7, 11) is -3.62. The van der Waals surface area contributed by atoms with E-state index in [1.807, 2.05) is 12.1 Å². The molecule has 0 radical (unpaired) electrons. The normalized spacial score (nSPS) is 28.5. The molecule has 6 heteroatoms. The number of aryl methyl sites for hydroxylation is 2. The van der Waals surface area contributed by atoms with Gasteiger partial charge in [-0.3, -0.25) is 9.10 Å². The van der Waals surface area contributed by atoms with Gasteiger partial charge in [-0.05, 0) is 128 Å². The van der Waals surface area contributed by atoms with Crippen molar-refractivity contribution in [2.75, 3.05) is 17.1 Å². The monoisotopic (exact) mass is 534 g/mol. The molecule has 5 aliphatic carbocycles. The Labute approximate surface area is 228 Å². The highest BCUT2D eigenvalue weighted by atomic mass is 32.2. The van der Waals surface area contributed by atoms with Crippen molar-refractivity contribution in [1.82, 2.24) is 5.32 Å². The summed E-state index contributed by atoms with van der Waals surface area (Å²) in [5, 5.41) is 3.12. The van der Waals surface area contributed by atoms with E-state index in [0.29, 0.717) is 5.69 Å². The van der Waals surface area contributed by atoms with Crippen LogP contribution in [0.3, 0.4) is 0 Å². The number of benzene rings is 2. The fraction of sp³-hybridized carbons (Fsp3) is 0.594. The first-order chi connectivity index (χ1) is 18.2. The molecule has 0 aromatic heterocycles. The Kier molecular flexibility index (Phi) is 6.82. The Hall–Kier alpha value is -2.34. The predicted molar refractivity (Wildman–Crippen MR) is 153 cm³/mol. The van der Waals surface area contributed by atoms with Gasteiger partial charge in [0.25, 0.3) is 0 Å². The summed E-state index contributed by atoms with van der Waals surface area (Å²) >= 11 is 0. The Morgan fingerprint density at radius 2 is 1.55 bits per heavy atom. The second-order valence-corrected chi connectivity index (χ2v) is 14.7. The maximum atomic E-state index is 13.2. The third-order valence-corrected chi connectivity index (χ3v) is 11.2. The second kappa shape index (κ2) is 10.0. The van der Waals surface area contributed by atoms with E-state index in [4.69, 9.17) is 0 Å². The molecule has 4 bridgehead atoms. The van der Waals surface area contributed by atoms with E-state index in [9.17, 15) is 13.2 Å². The topological polar surface area (TPSA) is 66.5 Å². The Balaban J connectivity index is 1.17. The molecule has 2 aromatic carbocycles. The van der Waals surface area contributed by atoms with Gasteiger partial charge in [0, 0.05) is 0 Å². The number of hydrogen-bond donors (Lipinski definition) is 1. The molecule has 4 fully saturated rings. The van der Waals surface area contributed by atoms with Crippen LogP contribution in [0.25, 0.3) is 0 Å². The zero-order valence-corrected chi connectivity index (χ0v) is 23.7. The Morgan fingerprint density at radius 1 is 0.947 bits per heavy atom. The molecule has 5 nitrogen and oxygen atoms in total. The van der Waals surface area contributed by atoms with E-state index >= 15 is 0 Å². The zero-order valence-electron chi connectivity index (χ0n) is 22.9. The minimum atomic E-state index is -3.62. The van der Waals surface area contributed by atoms with Gasteiger partial charge in [0.05, 0.1) is 18.0 Å². The molecular formula is C32H42N2O3S. The molecule has 0 saturated heterocycles. The molecule has 5 aliphatic rings. The smallest absolute Gasteiger partial charge is 0.241 e. The molecule has 0 heterocycles. The molecule has 0 aliphatic heterocycles. The minimum absolute atomic E-state index is 0.130. The van der Waals surface area contributed by atoms with Gasteiger partial charge in [-0.2, -0.15) is 0 Å². The lowest BCUT2D eigenvalue weighted by atomic mass is 9.48. The fourth-order valence-electron chi connectivity index (χ4n) is 8.61.